The highest BCUT2D eigenvalue weighted by atomic mass is 16.3. The van der Waals surface area contributed by atoms with Crippen LogP contribution in [0, 0.1) is 6.92 Å². The van der Waals surface area contributed by atoms with Gasteiger partial charge in [0.2, 0.25) is 0 Å². The minimum absolute atomic E-state index is 0.0724. The van der Waals surface area contributed by atoms with Crippen molar-refractivity contribution in [2.24, 2.45) is 0 Å². The van der Waals surface area contributed by atoms with Crippen LogP contribution in [0.3, 0.4) is 0 Å². The molecular formula is C18H16N2O3. The number of carbonyl (C=O) groups is 1. The average molecular weight is 308 g/mol. The van der Waals surface area contributed by atoms with Crippen LogP contribution in [-0.4, -0.2) is 22.3 Å². The second-order valence-corrected chi connectivity index (χ2v) is 5.94. The summed E-state index contributed by atoms with van der Waals surface area (Å²) < 4.78 is 5.20. The van der Waals surface area contributed by atoms with Crippen LogP contribution in [0.4, 0.5) is 0 Å². The Morgan fingerprint density at radius 3 is 2.91 bits per heavy atom. The van der Waals surface area contributed by atoms with Gasteiger partial charge in [0, 0.05) is 24.2 Å². The van der Waals surface area contributed by atoms with E-state index in [2.05, 4.69) is 11.1 Å². The van der Waals surface area contributed by atoms with E-state index in [1.165, 1.54) is 11.8 Å². The lowest BCUT2D eigenvalue weighted by atomic mass is 9.96. The molecule has 3 aromatic rings. The van der Waals surface area contributed by atoms with Gasteiger partial charge in [-0.25, -0.2) is 0 Å². The fourth-order valence-electron chi connectivity index (χ4n) is 3.11. The number of aromatic nitrogens is 1. The van der Waals surface area contributed by atoms with Crippen molar-refractivity contribution in [3.63, 3.8) is 0 Å². The molecule has 1 N–H and O–H groups in total. The van der Waals surface area contributed by atoms with Crippen LogP contribution >= 0.6 is 0 Å². The van der Waals surface area contributed by atoms with Gasteiger partial charge in [0.15, 0.2) is 5.76 Å². The summed E-state index contributed by atoms with van der Waals surface area (Å²) in [6, 6.07) is 9.40. The zero-order valence-electron chi connectivity index (χ0n) is 12.8. The smallest absolute Gasteiger partial charge is 0.289 e. The molecule has 0 saturated carbocycles. The number of furan rings is 1. The van der Waals surface area contributed by atoms with Gasteiger partial charge < -0.3 is 14.3 Å². The molecule has 1 aliphatic rings. The lowest BCUT2D eigenvalue weighted by Crippen LogP contribution is -2.35. The molecule has 5 heteroatoms. The molecule has 0 unspecified atom stereocenters. The van der Waals surface area contributed by atoms with E-state index in [1.807, 2.05) is 19.1 Å². The summed E-state index contributed by atoms with van der Waals surface area (Å²) in [7, 11) is 0. The molecule has 1 aromatic carbocycles. The van der Waals surface area contributed by atoms with Crippen LogP contribution in [0.2, 0.25) is 0 Å². The number of pyridine rings is 1. The molecule has 0 saturated heterocycles. The second kappa shape index (κ2) is 5.12. The van der Waals surface area contributed by atoms with Crippen molar-refractivity contribution in [3.05, 3.63) is 69.4 Å². The lowest BCUT2D eigenvalue weighted by Gasteiger charge is -2.28. The van der Waals surface area contributed by atoms with Gasteiger partial charge in [0.05, 0.1) is 6.26 Å². The molecule has 0 atom stereocenters. The first-order valence-corrected chi connectivity index (χ1v) is 7.60. The maximum absolute atomic E-state index is 12.4. The first-order valence-electron chi connectivity index (χ1n) is 7.60. The van der Waals surface area contributed by atoms with Crippen molar-refractivity contribution in [2.75, 3.05) is 6.54 Å². The normalized spacial score (nSPS) is 14.0. The van der Waals surface area contributed by atoms with Gasteiger partial charge in [-0.05, 0) is 60.2 Å². The molecule has 0 fully saturated rings. The quantitative estimate of drug-likeness (QED) is 0.751. The minimum atomic E-state index is -0.0989. The van der Waals surface area contributed by atoms with Gasteiger partial charge in [-0.15, -0.1) is 0 Å². The monoisotopic (exact) mass is 308 g/mol. The topological polar surface area (TPSA) is 66.3 Å². The molecule has 3 heterocycles. The molecule has 0 radical (unpaired) electrons. The molecule has 5 nitrogen and oxygen atoms in total. The van der Waals surface area contributed by atoms with Gasteiger partial charge >= 0.3 is 0 Å². The summed E-state index contributed by atoms with van der Waals surface area (Å²) >= 11 is 0. The van der Waals surface area contributed by atoms with E-state index in [0.717, 1.165) is 22.9 Å². The maximum atomic E-state index is 12.4. The Kier molecular flexibility index (Phi) is 3.08. The van der Waals surface area contributed by atoms with Crippen LogP contribution in [0.15, 0.2) is 45.8 Å². The zero-order chi connectivity index (χ0) is 16.0. The average Bonchev–Trinajstić information content (AvgIpc) is 3.07. The number of rotatable bonds is 1. The van der Waals surface area contributed by atoms with Crippen LogP contribution in [0.1, 0.15) is 27.2 Å². The Hall–Kier alpha value is -2.82. The number of aromatic amines is 1. The molecular weight excluding hydrogens is 292 g/mol. The van der Waals surface area contributed by atoms with Crippen molar-refractivity contribution in [1.82, 2.24) is 9.88 Å². The van der Waals surface area contributed by atoms with E-state index in [9.17, 15) is 9.59 Å². The summed E-state index contributed by atoms with van der Waals surface area (Å²) in [4.78, 5) is 28.9. The van der Waals surface area contributed by atoms with Gasteiger partial charge in [0.1, 0.15) is 0 Å². The third-order valence-electron chi connectivity index (χ3n) is 4.38. The van der Waals surface area contributed by atoms with E-state index in [0.29, 0.717) is 24.4 Å². The number of nitrogens with zero attached hydrogens (tertiary/aromatic N) is 1. The fourth-order valence-corrected chi connectivity index (χ4v) is 3.11. The molecule has 116 valence electrons. The van der Waals surface area contributed by atoms with E-state index in [1.54, 1.807) is 17.0 Å². The number of fused-ring (bicyclic) bond motifs is 2. The van der Waals surface area contributed by atoms with Crippen LogP contribution in [-0.2, 0) is 13.0 Å². The molecule has 2 aromatic heterocycles. The lowest BCUT2D eigenvalue weighted by molar-refractivity contribution is 0.0702. The van der Waals surface area contributed by atoms with Gasteiger partial charge in [-0.2, -0.15) is 0 Å². The van der Waals surface area contributed by atoms with Crippen LogP contribution in [0.25, 0.3) is 10.9 Å². The summed E-state index contributed by atoms with van der Waals surface area (Å²) in [6.45, 7) is 3.00. The van der Waals surface area contributed by atoms with Gasteiger partial charge in [-0.3, -0.25) is 9.59 Å². The number of amides is 1. The van der Waals surface area contributed by atoms with Crippen molar-refractivity contribution in [3.8, 4) is 0 Å². The molecule has 4 rings (SSSR count). The van der Waals surface area contributed by atoms with E-state index >= 15 is 0 Å². The maximum Gasteiger partial charge on any atom is 0.289 e. The summed E-state index contributed by atoms with van der Waals surface area (Å²) in [5.41, 5.74) is 3.75. The first kappa shape index (κ1) is 13.8. The Morgan fingerprint density at radius 1 is 1.26 bits per heavy atom. The van der Waals surface area contributed by atoms with Crippen LogP contribution in [0.5, 0.6) is 0 Å². The van der Waals surface area contributed by atoms with Crippen molar-refractivity contribution >= 4 is 16.8 Å². The standard InChI is InChI=1S/C18H16N2O3/c1-11-7-13-8-12-4-5-20(18(22)16-3-2-6-23-16)10-14(12)9-15(13)19-17(11)21/h2-3,6-9H,4-5,10H2,1H3,(H,19,21). The van der Waals surface area contributed by atoms with Crippen LogP contribution < -0.4 is 5.56 Å². The van der Waals surface area contributed by atoms with Crippen molar-refractivity contribution in [2.45, 2.75) is 19.9 Å². The highest BCUT2D eigenvalue weighted by Gasteiger charge is 2.23. The Bertz CT molecular complexity index is 954. The molecule has 0 bridgehead atoms. The summed E-state index contributed by atoms with van der Waals surface area (Å²) in [5.74, 6) is 0.261. The number of carbonyl (C=O) groups excluding carboxylic acids is 1. The van der Waals surface area contributed by atoms with E-state index in [4.69, 9.17) is 4.42 Å². The van der Waals surface area contributed by atoms with Gasteiger partial charge in [0.25, 0.3) is 11.5 Å². The number of hydrogen-bond donors (Lipinski definition) is 1. The van der Waals surface area contributed by atoms with E-state index in [-0.39, 0.29) is 11.5 Å². The van der Waals surface area contributed by atoms with Crippen molar-refractivity contribution in [1.29, 1.82) is 0 Å². The number of aryl methyl sites for hydroxylation is 1. The number of hydrogen-bond acceptors (Lipinski definition) is 3. The number of benzene rings is 1. The first-order chi connectivity index (χ1) is 11.1. The molecule has 0 spiro atoms. The van der Waals surface area contributed by atoms with Crippen molar-refractivity contribution < 1.29 is 9.21 Å². The Balaban J connectivity index is 1.71. The fraction of sp³-hybridized carbons (Fsp3) is 0.222. The zero-order valence-corrected chi connectivity index (χ0v) is 12.8. The summed E-state index contributed by atoms with van der Waals surface area (Å²) in [5, 5.41) is 1.03. The Labute approximate surface area is 132 Å². The predicted octanol–water partition coefficient (Wildman–Crippen LogP) is 2.63. The molecule has 23 heavy (non-hydrogen) atoms. The minimum Gasteiger partial charge on any atom is -0.459 e. The molecule has 0 aliphatic carbocycles. The van der Waals surface area contributed by atoms with E-state index < -0.39 is 0 Å². The number of nitrogens with one attached hydrogen (secondary N) is 1. The third kappa shape index (κ3) is 2.34. The predicted molar refractivity (Wildman–Crippen MR) is 86.5 cm³/mol. The largest absolute Gasteiger partial charge is 0.459 e. The highest BCUT2D eigenvalue weighted by Crippen LogP contribution is 2.25. The third-order valence-corrected chi connectivity index (χ3v) is 4.38. The summed E-state index contributed by atoms with van der Waals surface area (Å²) in [6.07, 6.45) is 2.31. The second-order valence-electron chi connectivity index (χ2n) is 5.94. The molecule has 1 aliphatic heterocycles. The highest BCUT2D eigenvalue weighted by molar-refractivity contribution is 5.91. The SMILES string of the molecule is Cc1cc2cc3c(cc2[nH]c1=O)CN(C(=O)c1ccco1)CC3. The Morgan fingerprint density at radius 2 is 2.13 bits per heavy atom. The van der Waals surface area contributed by atoms with Gasteiger partial charge in [-0.1, -0.05) is 0 Å². The number of H-pyrrole nitrogens is 1. The molecule has 1 amide bonds.